The molecule has 114 valence electrons. The third-order valence-corrected chi connectivity index (χ3v) is 4.63. The molecule has 1 atom stereocenters. The third-order valence-electron chi connectivity index (χ3n) is 4.63. The molecule has 0 aliphatic carbocycles. The number of urea groups is 1. The summed E-state index contributed by atoms with van der Waals surface area (Å²) in [5.74, 6) is 0. The van der Waals surface area contributed by atoms with Crippen LogP contribution < -0.4 is 5.32 Å². The van der Waals surface area contributed by atoms with E-state index in [1.54, 1.807) is 4.90 Å². The average molecular weight is 287 g/mol. The summed E-state index contributed by atoms with van der Waals surface area (Å²) in [7, 11) is 3.68. The third kappa shape index (κ3) is 2.91. The zero-order chi connectivity index (χ0) is 14.8. The van der Waals surface area contributed by atoms with E-state index in [-0.39, 0.29) is 12.1 Å². The first kappa shape index (κ1) is 14.4. The van der Waals surface area contributed by atoms with Crippen molar-refractivity contribution in [1.82, 2.24) is 15.1 Å². The smallest absolute Gasteiger partial charge is 0.319 e. The maximum Gasteiger partial charge on any atom is 0.319 e. The SMILES string of the molecule is CN(C)C(=O)N1CCCCC1c1ccc2c(c1)CNCC2. The molecule has 0 saturated carbocycles. The van der Waals surface area contributed by atoms with E-state index in [4.69, 9.17) is 0 Å². The van der Waals surface area contributed by atoms with E-state index < -0.39 is 0 Å². The standard InChI is InChI=1S/C17H25N3O/c1-19(2)17(21)20-10-4-3-5-16(20)14-7-6-13-8-9-18-12-15(13)11-14/h6-7,11,16,18H,3-5,8-10,12H2,1-2H3. The number of amides is 2. The fourth-order valence-corrected chi connectivity index (χ4v) is 3.47. The van der Waals surface area contributed by atoms with Gasteiger partial charge in [-0.3, -0.25) is 0 Å². The molecule has 0 bridgehead atoms. The molecule has 0 spiro atoms. The minimum Gasteiger partial charge on any atom is -0.331 e. The zero-order valence-electron chi connectivity index (χ0n) is 13.1. The van der Waals surface area contributed by atoms with Gasteiger partial charge in [0.1, 0.15) is 0 Å². The lowest BCUT2D eigenvalue weighted by Crippen LogP contribution is -2.44. The molecule has 1 N–H and O–H groups in total. The van der Waals surface area contributed by atoms with Crippen LogP contribution in [0.5, 0.6) is 0 Å². The van der Waals surface area contributed by atoms with Gasteiger partial charge >= 0.3 is 6.03 Å². The quantitative estimate of drug-likeness (QED) is 0.861. The van der Waals surface area contributed by atoms with Crippen molar-refractivity contribution in [3.05, 3.63) is 34.9 Å². The van der Waals surface area contributed by atoms with Crippen molar-refractivity contribution in [2.24, 2.45) is 0 Å². The van der Waals surface area contributed by atoms with Gasteiger partial charge in [0.15, 0.2) is 0 Å². The first-order valence-corrected chi connectivity index (χ1v) is 7.97. The first-order chi connectivity index (χ1) is 10.2. The van der Waals surface area contributed by atoms with Gasteiger partial charge in [0.05, 0.1) is 6.04 Å². The number of nitrogens with one attached hydrogen (secondary N) is 1. The molecule has 2 aliphatic heterocycles. The molecule has 0 aromatic heterocycles. The summed E-state index contributed by atoms with van der Waals surface area (Å²) in [5.41, 5.74) is 4.16. The number of piperidine rings is 1. The molecule has 1 fully saturated rings. The number of likely N-dealkylation sites (tertiary alicyclic amines) is 1. The second-order valence-electron chi connectivity index (χ2n) is 6.34. The summed E-state index contributed by atoms with van der Waals surface area (Å²) in [4.78, 5) is 16.1. The Labute approximate surface area is 127 Å². The number of rotatable bonds is 1. The summed E-state index contributed by atoms with van der Waals surface area (Å²) >= 11 is 0. The van der Waals surface area contributed by atoms with Crippen LogP contribution in [0.15, 0.2) is 18.2 Å². The molecule has 0 radical (unpaired) electrons. The molecular weight excluding hydrogens is 262 g/mol. The van der Waals surface area contributed by atoms with E-state index in [1.807, 2.05) is 19.0 Å². The number of fused-ring (bicyclic) bond motifs is 1. The van der Waals surface area contributed by atoms with Crippen molar-refractivity contribution in [2.75, 3.05) is 27.2 Å². The molecule has 3 rings (SSSR count). The second kappa shape index (κ2) is 6.06. The van der Waals surface area contributed by atoms with Crippen molar-refractivity contribution >= 4 is 6.03 Å². The highest BCUT2D eigenvalue weighted by Gasteiger charge is 2.29. The Kier molecular flexibility index (Phi) is 4.15. The minimum absolute atomic E-state index is 0.135. The first-order valence-electron chi connectivity index (χ1n) is 7.97. The molecule has 2 amide bonds. The van der Waals surface area contributed by atoms with Crippen LogP contribution in [-0.4, -0.2) is 43.0 Å². The Bertz CT molecular complexity index is 527. The fraction of sp³-hybridized carbons (Fsp3) is 0.588. The van der Waals surface area contributed by atoms with Gasteiger partial charge in [0, 0.05) is 27.2 Å². The molecule has 2 heterocycles. The highest BCUT2D eigenvalue weighted by Crippen LogP contribution is 2.33. The summed E-state index contributed by atoms with van der Waals surface area (Å²) < 4.78 is 0. The summed E-state index contributed by atoms with van der Waals surface area (Å²) in [6, 6.07) is 7.18. The largest absolute Gasteiger partial charge is 0.331 e. The predicted molar refractivity (Wildman–Crippen MR) is 84.2 cm³/mol. The summed E-state index contributed by atoms with van der Waals surface area (Å²) in [6.07, 6.45) is 4.51. The molecule has 21 heavy (non-hydrogen) atoms. The van der Waals surface area contributed by atoms with Gasteiger partial charge < -0.3 is 15.1 Å². The number of nitrogens with zero attached hydrogens (tertiary/aromatic N) is 2. The van der Waals surface area contributed by atoms with E-state index >= 15 is 0 Å². The lowest BCUT2D eigenvalue weighted by atomic mass is 9.91. The van der Waals surface area contributed by atoms with Crippen LogP contribution in [0.4, 0.5) is 4.79 Å². The topological polar surface area (TPSA) is 35.6 Å². The number of carbonyl (C=O) groups excluding carboxylic acids is 1. The van der Waals surface area contributed by atoms with Crippen LogP contribution in [0.3, 0.4) is 0 Å². The lowest BCUT2D eigenvalue weighted by molar-refractivity contribution is 0.129. The van der Waals surface area contributed by atoms with Gasteiger partial charge in [0.2, 0.25) is 0 Å². The van der Waals surface area contributed by atoms with Crippen molar-refractivity contribution in [3.8, 4) is 0 Å². The Morgan fingerprint density at radius 1 is 1.29 bits per heavy atom. The number of hydrogen-bond donors (Lipinski definition) is 1. The van der Waals surface area contributed by atoms with Crippen LogP contribution in [0.25, 0.3) is 0 Å². The average Bonchev–Trinajstić information content (AvgIpc) is 2.53. The van der Waals surface area contributed by atoms with Gasteiger partial charge in [-0.2, -0.15) is 0 Å². The van der Waals surface area contributed by atoms with Gasteiger partial charge in [-0.05, 0) is 48.9 Å². The van der Waals surface area contributed by atoms with Crippen molar-refractivity contribution < 1.29 is 4.79 Å². The second-order valence-corrected chi connectivity index (χ2v) is 6.34. The highest BCUT2D eigenvalue weighted by atomic mass is 16.2. The molecule has 4 nitrogen and oxygen atoms in total. The Morgan fingerprint density at radius 2 is 2.14 bits per heavy atom. The van der Waals surface area contributed by atoms with E-state index in [1.165, 1.54) is 23.1 Å². The van der Waals surface area contributed by atoms with Gasteiger partial charge in [-0.1, -0.05) is 18.2 Å². The summed E-state index contributed by atoms with van der Waals surface area (Å²) in [6.45, 7) is 2.90. The predicted octanol–water partition coefficient (Wildman–Crippen LogP) is 2.54. The monoisotopic (exact) mass is 287 g/mol. The zero-order valence-corrected chi connectivity index (χ0v) is 13.1. The lowest BCUT2D eigenvalue weighted by Gasteiger charge is -2.38. The maximum atomic E-state index is 12.4. The van der Waals surface area contributed by atoms with Crippen molar-refractivity contribution in [3.63, 3.8) is 0 Å². The van der Waals surface area contributed by atoms with E-state index in [9.17, 15) is 4.79 Å². The van der Waals surface area contributed by atoms with Crippen LogP contribution >= 0.6 is 0 Å². The Hall–Kier alpha value is -1.55. The minimum atomic E-state index is 0.135. The van der Waals surface area contributed by atoms with Crippen LogP contribution in [0.2, 0.25) is 0 Å². The Morgan fingerprint density at radius 3 is 2.95 bits per heavy atom. The molecular formula is C17H25N3O. The summed E-state index contributed by atoms with van der Waals surface area (Å²) in [5, 5.41) is 3.43. The number of carbonyl (C=O) groups is 1. The fourth-order valence-electron chi connectivity index (χ4n) is 3.47. The molecule has 4 heteroatoms. The highest BCUT2D eigenvalue weighted by molar-refractivity contribution is 5.74. The normalized spacial score (nSPS) is 21.8. The molecule has 1 saturated heterocycles. The maximum absolute atomic E-state index is 12.4. The van der Waals surface area contributed by atoms with E-state index in [0.29, 0.717) is 0 Å². The van der Waals surface area contributed by atoms with E-state index in [0.717, 1.165) is 38.9 Å². The molecule has 1 aromatic rings. The van der Waals surface area contributed by atoms with Crippen molar-refractivity contribution in [2.45, 2.75) is 38.3 Å². The Balaban J connectivity index is 1.87. The molecule has 1 unspecified atom stereocenters. The van der Waals surface area contributed by atoms with Gasteiger partial charge in [-0.25, -0.2) is 4.79 Å². The van der Waals surface area contributed by atoms with Gasteiger partial charge in [-0.15, -0.1) is 0 Å². The van der Waals surface area contributed by atoms with Crippen molar-refractivity contribution in [1.29, 1.82) is 0 Å². The molecule has 2 aliphatic rings. The van der Waals surface area contributed by atoms with Crippen LogP contribution in [0, 0.1) is 0 Å². The molecule has 1 aromatic carbocycles. The van der Waals surface area contributed by atoms with Gasteiger partial charge in [0.25, 0.3) is 0 Å². The number of benzene rings is 1. The van der Waals surface area contributed by atoms with Crippen LogP contribution in [-0.2, 0) is 13.0 Å². The van der Waals surface area contributed by atoms with E-state index in [2.05, 4.69) is 23.5 Å². The van der Waals surface area contributed by atoms with Crippen LogP contribution in [0.1, 0.15) is 42.0 Å². The number of hydrogen-bond acceptors (Lipinski definition) is 2.